The van der Waals surface area contributed by atoms with E-state index in [9.17, 15) is 4.79 Å². The fourth-order valence-electron chi connectivity index (χ4n) is 3.22. The number of ether oxygens (including phenoxy) is 1. The van der Waals surface area contributed by atoms with E-state index in [-0.39, 0.29) is 17.5 Å². The number of carbonyl (C=O) groups is 1. The first-order chi connectivity index (χ1) is 8.27. The number of carbonyl (C=O) groups excluding carboxylic acids is 1. The van der Waals surface area contributed by atoms with Gasteiger partial charge in [0.2, 0.25) is 0 Å². The zero-order valence-corrected chi connectivity index (χ0v) is 11.0. The van der Waals surface area contributed by atoms with Gasteiger partial charge < -0.3 is 10.1 Å². The van der Waals surface area contributed by atoms with Crippen LogP contribution in [0.3, 0.4) is 0 Å². The smallest absolute Gasteiger partial charge is 0.313 e. The first-order valence-corrected chi connectivity index (χ1v) is 7.19. The Bertz CT molecular complexity index is 247. The minimum Gasteiger partial charge on any atom is -0.462 e. The second kappa shape index (κ2) is 5.85. The summed E-state index contributed by atoms with van der Waals surface area (Å²) in [4.78, 5) is 12.4. The first kappa shape index (κ1) is 12.9. The lowest BCUT2D eigenvalue weighted by Gasteiger charge is -2.36. The highest BCUT2D eigenvalue weighted by atomic mass is 16.5. The summed E-state index contributed by atoms with van der Waals surface area (Å²) in [6, 6.07) is 0. The molecule has 1 aliphatic heterocycles. The Kier molecular flexibility index (Phi) is 4.43. The van der Waals surface area contributed by atoms with Crippen molar-refractivity contribution in [2.45, 2.75) is 64.4 Å². The minimum absolute atomic E-state index is 0.0680. The maximum absolute atomic E-state index is 12.4. The van der Waals surface area contributed by atoms with E-state index in [1.807, 2.05) is 0 Å². The normalized spacial score (nSPS) is 30.4. The summed E-state index contributed by atoms with van der Waals surface area (Å²) < 4.78 is 5.73. The molecule has 3 heteroatoms. The molecule has 0 bridgehead atoms. The molecule has 0 aromatic heterocycles. The highest BCUT2D eigenvalue weighted by Gasteiger charge is 2.41. The molecule has 2 fully saturated rings. The standard InChI is InChI=1S/C14H25NO2/c1-2-8-14(9-5-10-15-11-14)13(16)17-12-6-3-4-7-12/h12,15H,2-11H2,1H3. The average molecular weight is 239 g/mol. The maximum Gasteiger partial charge on any atom is 0.313 e. The Hall–Kier alpha value is -0.570. The average Bonchev–Trinajstić information content (AvgIpc) is 2.83. The summed E-state index contributed by atoms with van der Waals surface area (Å²) in [5.74, 6) is 0.0680. The van der Waals surface area contributed by atoms with Gasteiger partial charge in [0.25, 0.3) is 0 Å². The van der Waals surface area contributed by atoms with Crippen molar-refractivity contribution in [1.29, 1.82) is 0 Å². The van der Waals surface area contributed by atoms with Crippen molar-refractivity contribution in [3.8, 4) is 0 Å². The van der Waals surface area contributed by atoms with E-state index < -0.39 is 0 Å². The van der Waals surface area contributed by atoms with E-state index in [1.54, 1.807) is 0 Å². The molecule has 1 saturated heterocycles. The zero-order valence-electron chi connectivity index (χ0n) is 11.0. The van der Waals surface area contributed by atoms with Gasteiger partial charge >= 0.3 is 5.97 Å². The van der Waals surface area contributed by atoms with E-state index in [1.165, 1.54) is 12.8 Å². The van der Waals surface area contributed by atoms with Crippen LogP contribution in [-0.2, 0) is 9.53 Å². The largest absolute Gasteiger partial charge is 0.462 e. The number of esters is 1. The highest BCUT2D eigenvalue weighted by molar-refractivity contribution is 5.77. The van der Waals surface area contributed by atoms with Gasteiger partial charge in [-0.15, -0.1) is 0 Å². The fraction of sp³-hybridized carbons (Fsp3) is 0.929. The van der Waals surface area contributed by atoms with Crippen molar-refractivity contribution in [1.82, 2.24) is 5.32 Å². The quantitative estimate of drug-likeness (QED) is 0.766. The molecule has 1 unspecified atom stereocenters. The van der Waals surface area contributed by atoms with E-state index in [4.69, 9.17) is 4.74 Å². The summed E-state index contributed by atoms with van der Waals surface area (Å²) in [5, 5.41) is 3.37. The predicted octanol–water partition coefficient (Wildman–Crippen LogP) is 2.64. The first-order valence-electron chi connectivity index (χ1n) is 7.19. The zero-order chi connectivity index (χ0) is 12.1. The second-order valence-electron chi connectivity index (χ2n) is 5.62. The third-order valence-corrected chi connectivity index (χ3v) is 4.21. The van der Waals surface area contributed by atoms with E-state index in [2.05, 4.69) is 12.2 Å². The summed E-state index contributed by atoms with van der Waals surface area (Å²) in [6.07, 6.45) is 8.90. The molecule has 0 aromatic carbocycles. The van der Waals surface area contributed by atoms with Gasteiger partial charge in [0.15, 0.2) is 0 Å². The molecule has 0 aromatic rings. The van der Waals surface area contributed by atoms with Crippen LogP contribution < -0.4 is 5.32 Å². The monoisotopic (exact) mass is 239 g/mol. The molecule has 17 heavy (non-hydrogen) atoms. The van der Waals surface area contributed by atoms with E-state index in [0.717, 1.165) is 51.6 Å². The lowest BCUT2D eigenvalue weighted by atomic mass is 9.77. The van der Waals surface area contributed by atoms with Crippen LogP contribution in [0, 0.1) is 5.41 Å². The Morgan fingerprint density at radius 2 is 2.12 bits per heavy atom. The van der Waals surface area contributed by atoms with Gasteiger partial charge in [-0.3, -0.25) is 4.79 Å². The van der Waals surface area contributed by atoms with E-state index >= 15 is 0 Å². The fourth-order valence-corrected chi connectivity index (χ4v) is 3.22. The van der Waals surface area contributed by atoms with Crippen LogP contribution in [0.2, 0.25) is 0 Å². The Morgan fingerprint density at radius 3 is 2.71 bits per heavy atom. The lowest BCUT2D eigenvalue weighted by molar-refractivity contribution is -0.163. The van der Waals surface area contributed by atoms with Gasteiger partial charge in [-0.25, -0.2) is 0 Å². The van der Waals surface area contributed by atoms with Gasteiger partial charge in [-0.1, -0.05) is 13.3 Å². The van der Waals surface area contributed by atoms with Crippen molar-refractivity contribution >= 4 is 5.97 Å². The lowest BCUT2D eigenvalue weighted by Crippen LogP contribution is -2.47. The molecule has 1 saturated carbocycles. The molecule has 1 aliphatic carbocycles. The van der Waals surface area contributed by atoms with Crippen LogP contribution >= 0.6 is 0 Å². The van der Waals surface area contributed by atoms with Crippen LogP contribution in [0.4, 0.5) is 0 Å². The summed E-state index contributed by atoms with van der Waals surface area (Å²) in [7, 11) is 0. The van der Waals surface area contributed by atoms with Crippen LogP contribution in [0.1, 0.15) is 58.3 Å². The number of hydrogen-bond donors (Lipinski definition) is 1. The number of piperidine rings is 1. The summed E-state index contributed by atoms with van der Waals surface area (Å²) in [6.45, 7) is 4.01. The van der Waals surface area contributed by atoms with Crippen molar-refractivity contribution in [3.05, 3.63) is 0 Å². The second-order valence-corrected chi connectivity index (χ2v) is 5.62. The van der Waals surface area contributed by atoms with Crippen molar-refractivity contribution in [3.63, 3.8) is 0 Å². The Morgan fingerprint density at radius 1 is 1.35 bits per heavy atom. The molecule has 0 radical (unpaired) electrons. The molecule has 1 heterocycles. The highest BCUT2D eigenvalue weighted by Crippen LogP contribution is 2.34. The molecule has 1 N–H and O–H groups in total. The molecule has 3 nitrogen and oxygen atoms in total. The van der Waals surface area contributed by atoms with E-state index in [0.29, 0.717) is 0 Å². The molecule has 98 valence electrons. The van der Waals surface area contributed by atoms with Gasteiger partial charge in [0, 0.05) is 6.54 Å². The minimum atomic E-state index is -0.227. The predicted molar refractivity (Wildman–Crippen MR) is 67.8 cm³/mol. The number of hydrogen-bond acceptors (Lipinski definition) is 3. The molecular formula is C14H25NO2. The maximum atomic E-state index is 12.4. The van der Waals surface area contributed by atoms with Gasteiger partial charge in [-0.2, -0.15) is 0 Å². The van der Waals surface area contributed by atoms with Crippen LogP contribution in [-0.4, -0.2) is 25.2 Å². The van der Waals surface area contributed by atoms with Crippen LogP contribution in [0.5, 0.6) is 0 Å². The van der Waals surface area contributed by atoms with Gasteiger partial charge in [-0.05, 0) is 51.5 Å². The molecule has 0 amide bonds. The molecule has 2 rings (SSSR count). The van der Waals surface area contributed by atoms with Crippen LogP contribution in [0.25, 0.3) is 0 Å². The Balaban J connectivity index is 1.96. The Labute approximate surface area is 104 Å². The van der Waals surface area contributed by atoms with Crippen LogP contribution in [0.15, 0.2) is 0 Å². The van der Waals surface area contributed by atoms with Crippen molar-refractivity contribution < 1.29 is 9.53 Å². The van der Waals surface area contributed by atoms with Crippen molar-refractivity contribution in [2.24, 2.45) is 5.41 Å². The third kappa shape index (κ3) is 3.01. The third-order valence-electron chi connectivity index (χ3n) is 4.21. The number of nitrogens with one attached hydrogen (secondary N) is 1. The van der Waals surface area contributed by atoms with Gasteiger partial charge in [0.1, 0.15) is 6.10 Å². The topological polar surface area (TPSA) is 38.3 Å². The molecular weight excluding hydrogens is 214 g/mol. The van der Waals surface area contributed by atoms with Gasteiger partial charge in [0.05, 0.1) is 5.41 Å². The van der Waals surface area contributed by atoms with Crippen molar-refractivity contribution in [2.75, 3.05) is 13.1 Å². The summed E-state index contributed by atoms with van der Waals surface area (Å²) >= 11 is 0. The SMILES string of the molecule is CCCC1(C(=O)OC2CCCC2)CCCNC1. The summed E-state index contributed by atoms with van der Waals surface area (Å²) in [5.41, 5.74) is -0.227. The molecule has 1 atom stereocenters. The number of rotatable bonds is 4. The molecule has 0 spiro atoms. The molecule has 2 aliphatic rings.